The summed E-state index contributed by atoms with van der Waals surface area (Å²) >= 11 is 5.85. The summed E-state index contributed by atoms with van der Waals surface area (Å²) in [5, 5.41) is 0. The highest BCUT2D eigenvalue weighted by Gasteiger charge is 2.42. The van der Waals surface area contributed by atoms with Gasteiger partial charge in [-0.1, -0.05) is 12.8 Å². The average molecular weight is 281 g/mol. The van der Waals surface area contributed by atoms with Gasteiger partial charge in [0.05, 0.1) is 0 Å². The van der Waals surface area contributed by atoms with E-state index in [1.54, 1.807) is 4.31 Å². The van der Waals surface area contributed by atoms with Gasteiger partial charge in [-0.3, -0.25) is 0 Å². The molecule has 2 aliphatic rings. The van der Waals surface area contributed by atoms with E-state index in [1.807, 2.05) is 0 Å². The Morgan fingerprint density at radius 3 is 2.18 bits per heavy atom. The summed E-state index contributed by atoms with van der Waals surface area (Å²) in [6, 6.07) is 0. The van der Waals surface area contributed by atoms with Crippen molar-refractivity contribution in [3.8, 4) is 0 Å². The molecule has 17 heavy (non-hydrogen) atoms. The SMILES string of the molecule is O=S(=O)(NCC1(CCl)CC1)N1CCCCCC1. The normalized spacial score (nSPS) is 25.5. The van der Waals surface area contributed by atoms with Crippen molar-refractivity contribution in [1.82, 2.24) is 9.03 Å². The van der Waals surface area contributed by atoms with Crippen LogP contribution in [0.2, 0.25) is 0 Å². The van der Waals surface area contributed by atoms with Crippen LogP contribution < -0.4 is 4.72 Å². The average Bonchev–Trinajstić information content (AvgIpc) is 3.12. The van der Waals surface area contributed by atoms with Crippen molar-refractivity contribution in [2.45, 2.75) is 38.5 Å². The predicted molar refractivity (Wildman–Crippen MR) is 69.4 cm³/mol. The van der Waals surface area contributed by atoms with Gasteiger partial charge in [-0.25, -0.2) is 4.72 Å². The molecule has 100 valence electrons. The van der Waals surface area contributed by atoms with Crippen molar-refractivity contribution >= 4 is 21.8 Å². The molecule has 1 saturated heterocycles. The zero-order chi connectivity index (χ0) is 12.4. The molecule has 0 atom stereocenters. The fourth-order valence-corrected chi connectivity index (χ4v) is 3.92. The molecule has 1 heterocycles. The Balaban J connectivity index is 1.88. The van der Waals surface area contributed by atoms with Crippen LogP contribution >= 0.6 is 11.6 Å². The van der Waals surface area contributed by atoms with Gasteiger partial charge in [0, 0.05) is 25.5 Å². The van der Waals surface area contributed by atoms with Crippen molar-refractivity contribution in [3.05, 3.63) is 0 Å². The second-order valence-electron chi connectivity index (χ2n) is 5.27. The first-order valence-electron chi connectivity index (χ1n) is 6.39. The zero-order valence-corrected chi connectivity index (χ0v) is 11.7. The van der Waals surface area contributed by atoms with Gasteiger partial charge in [0.15, 0.2) is 0 Å². The predicted octanol–water partition coefficient (Wildman–Crippen LogP) is 1.72. The molecule has 0 aromatic rings. The highest BCUT2D eigenvalue weighted by molar-refractivity contribution is 7.87. The molecular formula is C11H21ClN2O2S. The molecule has 0 amide bonds. The van der Waals surface area contributed by atoms with Gasteiger partial charge in [0.2, 0.25) is 0 Å². The van der Waals surface area contributed by atoms with Gasteiger partial charge in [0.1, 0.15) is 0 Å². The third kappa shape index (κ3) is 3.56. The molecule has 2 fully saturated rings. The molecular weight excluding hydrogens is 260 g/mol. The van der Waals surface area contributed by atoms with E-state index in [9.17, 15) is 8.42 Å². The molecule has 1 saturated carbocycles. The molecule has 6 heteroatoms. The standard InChI is InChI=1S/C11H21ClN2O2S/c12-9-11(5-6-11)10-13-17(15,16)14-7-3-1-2-4-8-14/h13H,1-10H2. The molecule has 4 nitrogen and oxygen atoms in total. The number of nitrogens with one attached hydrogen (secondary N) is 1. The second kappa shape index (κ2) is 5.43. The monoisotopic (exact) mass is 280 g/mol. The summed E-state index contributed by atoms with van der Waals surface area (Å²) in [5.41, 5.74) is 0.0421. The number of halogens is 1. The lowest BCUT2D eigenvalue weighted by molar-refractivity contribution is 0.408. The van der Waals surface area contributed by atoms with Crippen LogP contribution in [0.25, 0.3) is 0 Å². The summed E-state index contributed by atoms with van der Waals surface area (Å²) in [6.45, 7) is 1.81. The van der Waals surface area contributed by atoms with Crippen LogP contribution in [0.4, 0.5) is 0 Å². The van der Waals surface area contributed by atoms with Gasteiger partial charge in [0.25, 0.3) is 10.2 Å². The summed E-state index contributed by atoms with van der Waals surface area (Å²) < 4.78 is 28.5. The van der Waals surface area contributed by atoms with Crippen molar-refractivity contribution in [2.75, 3.05) is 25.5 Å². The van der Waals surface area contributed by atoms with Crippen LogP contribution in [0.15, 0.2) is 0 Å². The van der Waals surface area contributed by atoms with Gasteiger partial charge in [-0.2, -0.15) is 12.7 Å². The number of rotatable bonds is 5. The van der Waals surface area contributed by atoms with E-state index in [0.29, 0.717) is 25.5 Å². The molecule has 0 bridgehead atoms. The lowest BCUT2D eigenvalue weighted by atomic mass is 10.1. The van der Waals surface area contributed by atoms with Gasteiger partial charge >= 0.3 is 0 Å². The smallest absolute Gasteiger partial charge is 0.202 e. The Morgan fingerprint density at radius 2 is 1.71 bits per heavy atom. The first kappa shape index (κ1) is 13.6. The third-order valence-electron chi connectivity index (χ3n) is 3.78. The zero-order valence-electron chi connectivity index (χ0n) is 10.1. The fourth-order valence-electron chi connectivity index (χ4n) is 2.15. The summed E-state index contributed by atoms with van der Waals surface area (Å²) in [4.78, 5) is 0. The Kier molecular flexibility index (Phi) is 4.34. The highest BCUT2D eigenvalue weighted by Crippen LogP contribution is 2.46. The van der Waals surface area contributed by atoms with Crippen LogP contribution in [-0.2, 0) is 10.2 Å². The van der Waals surface area contributed by atoms with Crippen molar-refractivity contribution < 1.29 is 8.42 Å². The van der Waals surface area contributed by atoms with Crippen molar-refractivity contribution in [2.24, 2.45) is 5.41 Å². The van der Waals surface area contributed by atoms with E-state index < -0.39 is 10.2 Å². The van der Waals surface area contributed by atoms with E-state index in [4.69, 9.17) is 11.6 Å². The lowest BCUT2D eigenvalue weighted by Gasteiger charge is -2.22. The molecule has 0 spiro atoms. The Bertz CT molecular complexity index is 346. The van der Waals surface area contributed by atoms with Crippen LogP contribution in [0.5, 0.6) is 0 Å². The molecule has 1 N–H and O–H groups in total. The van der Waals surface area contributed by atoms with E-state index >= 15 is 0 Å². The largest absolute Gasteiger partial charge is 0.279 e. The van der Waals surface area contributed by atoms with Gasteiger partial charge in [-0.05, 0) is 31.1 Å². The number of hydrogen-bond donors (Lipinski definition) is 1. The number of nitrogens with zero attached hydrogens (tertiary/aromatic N) is 1. The molecule has 0 aromatic carbocycles. The van der Waals surface area contributed by atoms with Gasteiger partial charge in [-0.15, -0.1) is 11.6 Å². The maximum absolute atomic E-state index is 12.1. The van der Waals surface area contributed by atoms with Crippen LogP contribution in [0.3, 0.4) is 0 Å². The number of alkyl halides is 1. The summed E-state index contributed by atoms with van der Waals surface area (Å²) in [5.74, 6) is 0.551. The minimum atomic E-state index is -3.29. The maximum Gasteiger partial charge on any atom is 0.279 e. The van der Waals surface area contributed by atoms with Gasteiger partial charge < -0.3 is 0 Å². The van der Waals surface area contributed by atoms with Crippen molar-refractivity contribution in [3.63, 3.8) is 0 Å². The Morgan fingerprint density at radius 1 is 1.12 bits per heavy atom. The third-order valence-corrected chi connectivity index (χ3v) is 5.90. The first-order chi connectivity index (χ1) is 8.08. The lowest BCUT2D eigenvalue weighted by Crippen LogP contribution is -2.43. The molecule has 1 aliphatic heterocycles. The minimum absolute atomic E-state index is 0.0421. The second-order valence-corrected chi connectivity index (χ2v) is 7.30. The minimum Gasteiger partial charge on any atom is -0.202 e. The molecule has 0 radical (unpaired) electrons. The van der Waals surface area contributed by atoms with Crippen molar-refractivity contribution in [1.29, 1.82) is 0 Å². The van der Waals surface area contributed by atoms with Crippen LogP contribution in [0.1, 0.15) is 38.5 Å². The molecule has 1 aliphatic carbocycles. The van der Waals surface area contributed by atoms with E-state index in [1.165, 1.54) is 0 Å². The van der Waals surface area contributed by atoms with E-state index in [0.717, 1.165) is 38.5 Å². The maximum atomic E-state index is 12.1. The topological polar surface area (TPSA) is 49.4 Å². The van der Waals surface area contributed by atoms with E-state index in [2.05, 4.69) is 4.72 Å². The van der Waals surface area contributed by atoms with E-state index in [-0.39, 0.29) is 5.41 Å². The van der Waals surface area contributed by atoms with Crippen LogP contribution in [0, 0.1) is 5.41 Å². The quantitative estimate of drug-likeness (QED) is 0.780. The summed E-state index contributed by atoms with van der Waals surface area (Å²) in [7, 11) is -3.29. The summed E-state index contributed by atoms with van der Waals surface area (Å²) in [6.07, 6.45) is 6.30. The molecule has 0 aromatic heterocycles. The van der Waals surface area contributed by atoms with Crippen LogP contribution in [-0.4, -0.2) is 38.2 Å². The first-order valence-corrected chi connectivity index (χ1v) is 8.36. The molecule has 2 rings (SSSR count). The highest BCUT2D eigenvalue weighted by atomic mass is 35.5. The fraction of sp³-hybridized carbons (Fsp3) is 1.00. The molecule has 0 unspecified atom stereocenters. The Hall–Kier alpha value is 0.160. The Labute approximate surface area is 109 Å². The number of hydrogen-bond acceptors (Lipinski definition) is 2.